The van der Waals surface area contributed by atoms with Crippen LogP contribution in [0, 0.1) is 5.82 Å². The van der Waals surface area contributed by atoms with E-state index in [0.717, 1.165) is 12.1 Å². The number of carbonyl (C=O) groups excluding carboxylic acids is 1. The van der Waals surface area contributed by atoms with Gasteiger partial charge in [-0.3, -0.25) is 9.78 Å². The van der Waals surface area contributed by atoms with Gasteiger partial charge in [0.1, 0.15) is 11.5 Å². The van der Waals surface area contributed by atoms with E-state index in [1.807, 2.05) is 0 Å². The van der Waals surface area contributed by atoms with Crippen molar-refractivity contribution in [2.45, 2.75) is 12.7 Å². The van der Waals surface area contributed by atoms with Crippen LogP contribution in [0.4, 0.5) is 17.6 Å². The molecule has 0 atom stereocenters. The van der Waals surface area contributed by atoms with Crippen molar-refractivity contribution < 1.29 is 22.4 Å². The first-order valence-electron chi connectivity index (χ1n) is 7.20. The lowest BCUT2D eigenvalue weighted by Crippen LogP contribution is -2.25. The zero-order valence-electron chi connectivity index (χ0n) is 12.6. The lowest BCUT2D eigenvalue weighted by molar-refractivity contribution is -0.138. The number of benzene rings is 2. The van der Waals surface area contributed by atoms with Gasteiger partial charge in [-0.2, -0.15) is 13.2 Å². The number of fused-ring (bicyclic) bond motifs is 1. The van der Waals surface area contributed by atoms with Gasteiger partial charge in [0.2, 0.25) is 0 Å². The van der Waals surface area contributed by atoms with Crippen molar-refractivity contribution in [1.29, 1.82) is 0 Å². The van der Waals surface area contributed by atoms with Gasteiger partial charge in [-0.1, -0.05) is 18.2 Å². The van der Waals surface area contributed by atoms with E-state index in [2.05, 4.69) is 15.3 Å². The first kappa shape index (κ1) is 16.8. The molecule has 3 aromatic rings. The van der Waals surface area contributed by atoms with Gasteiger partial charge < -0.3 is 5.32 Å². The number of aromatic nitrogens is 2. The van der Waals surface area contributed by atoms with Crippen molar-refractivity contribution >= 4 is 16.9 Å². The fourth-order valence-corrected chi connectivity index (χ4v) is 2.30. The van der Waals surface area contributed by atoms with Gasteiger partial charge in [-0.15, -0.1) is 0 Å². The molecule has 1 amide bonds. The van der Waals surface area contributed by atoms with E-state index in [-0.39, 0.29) is 11.3 Å². The number of carbonyl (C=O) groups is 1. The number of alkyl halides is 3. The summed E-state index contributed by atoms with van der Waals surface area (Å²) in [5, 5.41) is 2.35. The summed E-state index contributed by atoms with van der Waals surface area (Å²) in [7, 11) is 0. The number of nitrogens with zero attached hydrogens (tertiary/aromatic N) is 2. The minimum absolute atomic E-state index is 0.0191. The van der Waals surface area contributed by atoms with Crippen molar-refractivity contribution in [1.82, 2.24) is 15.3 Å². The van der Waals surface area contributed by atoms with Crippen LogP contribution < -0.4 is 5.32 Å². The molecule has 4 nitrogen and oxygen atoms in total. The molecule has 128 valence electrons. The molecule has 0 saturated heterocycles. The highest BCUT2D eigenvalue weighted by atomic mass is 19.4. The summed E-state index contributed by atoms with van der Waals surface area (Å²) >= 11 is 0. The average molecular weight is 349 g/mol. The van der Waals surface area contributed by atoms with Gasteiger partial charge in [0.15, 0.2) is 0 Å². The topological polar surface area (TPSA) is 54.9 Å². The molecule has 0 fully saturated rings. The van der Waals surface area contributed by atoms with Gasteiger partial charge in [-0.25, -0.2) is 9.37 Å². The van der Waals surface area contributed by atoms with E-state index in [1.54, 1.807) is 24.3 Å². The van der Waals surface area contributed by atoms with Gasteiger partial charge in [0.05, 0.1) is 22.8 Å². The third-order valence-electron chi connectivity index (χ3n) is 3.50. The molecule has 0 bridgehead atoms. The van der Waals surface area contributed by atoms with Crippen molar-refractivity contribution in [3.8, 4) is 0 Å². The molecule has 25 heavy (non-hydrogen) atoms. The lowest BCUT2D eigenvalue weighted by Gasteiger charge is -2.13. The van der Waals surface area contributed by atoms with Crippen LogP contribution in [-0.2, 0) is 12.7 Å². The Labute approximate surface area is 139 Å². The summed E-state index contributed by atoms with van der Waals surface area (Å²) in [5.74, 6) is -1.67. The molecule has 3 rings (SSSR count). The highest BCUT2D eigenvalue weighted by Gasteiger charge is 2.33. The maximum absolute atomic E-state index is 13.1. The van der Waals surface area contributed by atoms with E-state index in [0.29, 0.717) is 17.1 Å². The Hall–Kier alpha value is -3.03. The van der Waals surface area contributed by atoms with E-state index in [4.69, 9.17) is 0 Å². The predicted octanol–water partition coefficient (Wildman–Crippen LogP) is 3.72. The molecule has 0 spiro atoms. The number of rotatable bonds is 3. The Bertz CT molecular complexity index is 941. The highest BCUT2D eigenvalue weighted by Crippen LogP contribution is 2.32. The molecular weight excluding hydrogens is 338 g/mol. The Balaban J connectivity index is 1.80. The van der Waals surface area contributed by atoms with Crippen LogP contribution in [0.3, 0.4) is 0 Å². The standard InChI is InChI=1S/C17H11F4N3O/c18-11-6-5-10(12(7-11)17(19,20)21)8-23-16(25)15-9-22-13-3-1-2-4-14(13)24-15/h1-7,9H,8H2,(H,23,25). The van der Waals surface area contributed by atoms with E-state index < -0.39 is 30.0 Å². The van der Waals surface area contributed by atoms with Gasteiger partial charge in [-0.05, 0) is 29.8 Å². The maximum Gasteiger partial charge on any atom is 0.416 e. The van der Waals surface area contributed by atoms with E-state index in [1.165, 1.54) is 6.20 Å². The first-order valence-corrected chi connectivity index (χ1v) is 7.20. The molecule has 0 unspecified atom stereocenters. The minimum Gasteiger partial charge on any atom is -0.347 e. The van der Waals surface area contributed by atoms with Gasteiger partial charge in [0.25, 0.3) is 5.91 Å². The Morgan fingerprint density at radius 2 is 1.80 bits per heavy atom. The molecule has 0 aliphatic carbocycles. The Morgan fingerprint density at radius 1 is 1.08 bits per heavy atom. The molecule has 0 aliphatic rings. The summed E-state index contributed by atoms with van der Waals surface area (Å²) in [6, 6.07) is 9.18. The molecule has 0 saturated carbocycles. The SMILES string of the molecule is O=C(NCc1ccc(F)cc1C(F)(F)F)c1cnc2ccccc2n1. The summed E-state index contributed by atoms with van der Waals surface area (Å²) in [6.45, 7) is -0.414. The number of amides is 1. The third kappa shape index (κ3) is 3.73. The van der Waals surface area contributed by atoms with Crippen LogP contribution >= 0.6 is 0 Å². The number of para-hydroxylation sites is 2. The molecule has 0 radical (unpaired) electrons. The number of hydrogen-bond donors (Lipinski definition) is 1. The Morgan fingerprint density at radius 3 is 2.52 bits per heavy atom. The molecule has 1 N–H and O–H groups in total. The van der Waals surface area contributed by atoms with Gasteiger partial charge in [0, 0.05) is 6.54 Å². The quantitative estimate of drug-likeness (QED) is 0.734. The fourth-order valence-electron chi connectivity index (χ4n) is 2.30. The summed E-state index contributed by atoms with van der Waals surface area (Å²) in [6.07, 6.45) is -3.47. The second-order valence-electron chi connectivity index (χ2n) is 5.23. The smallest absolute Gasteiger partial charge is 0.347 e. The lowest BCUT2D eigenvalue weighted by atomic mass is 10.1. The zero-order valence-corrected chi connectivity index (χ0v) is 12.6. The fraction of sp³-hybridized carbons (Fsp3) is 0.118. The molecule has 0 aliphatic heterocycles. The summed E-state index contributed by atoms with van der Waals surface area (Å²) in [5.41, 5.74) is -0.299. The minimum atomic E-state index is -4.72. The number of halogens is 4. The van der Waals surface area contributed by atoms with Crippen LogP contribution in [0.25, 0.3) is 11.0 Å². The van der Waals surface area contributed by atoms with E-state index >= 15 is 0 Å². The van der Waals surface area contributed by atoms with Crippen molar-refractivity contribution in [3.05, 3.63) is 71.3 Å². The summed E-state index contributed by atoms with van der Waals surface area (Å²) in [4.78, 5) is 20.3. The molecule has 8 heteroatoms. The van der Waals surface area contributed by atoms with Crippen LogP contribution in [0.2, 0.25) is 0 Å². The molecule has 1 aromatic heterocycles. The first-order chi connectivity index (χ1) is 11.8. The zero-order chi connectivity index (χ0) is 18.0. The van der Waals surface area contributed by atoms with Crippen LogP contribution in [0.5, 0.6) is 0 Å². The second-order valence-corrected chi connectivity index (χ2v) is 5.23. The molecule has 1 heterocycles. The number of nitrogens with one attached hydrogen (secondary N) is 1. The molecular formula is C17H11F4N3O. The predicted molar refractivity (Wildman–Crippen MR) is 82.1 cm³/mol. The second kappa shape index (κ2) is 6.46. The third-order valence-corrected chi connectivity index (χ3v) is 3.50. The highest BCUT2D eigenvalue weighted by molar-refractivity contribution is 5.93. The molecule has 2 aromatic carbocycles. The van der Waals surface area contributed by atoms with Crippen molar-refractivity contribution in [2.24, 2.45) is 0 Å². The van der Waals surface area contributed by atoms with Crippen LogP contribution in [0.1, 0.15) is 21.6 Å². The Kier molecular flexibility index (Phi) is 4.35. The van der Waals surface area contributed by atoms with Crippen LogP contribution in [-0.4, -0.2) is 15.9 Å². The number of hydrogen-bond acceptors (Lipinski definition) is 3. The van der Waals surface area contributed by atoms with Crippen molar-refractivity contribution in [3.63, 3.8) is 0 Å². The van der Waals surface area contributed by atoms with E-state index in [9.17, 15) is 22.4 Å². The normalized spacial score (nSPS) is 11.5. The summed E-state index contributed by atoms with van der Waals surface area (Å²) < 4.78 is 51.9. The maximum atomic E-state index is 13.1. The average Bonchev–Trinajstić information content (AvgIpc) is 2.59. The monoisotopic (exact) mass is 349 g/mol. The van der Waals surface area contributed by atoms with Crippen molar-refractivity contribution in [2.75, 3.05) is 0 Å². The van der Waals surface area contributed by atoms with Crippen LogP contribution in [0.15, 0.2) is 48.7 Å². The van der Waals surface area contributed by atoms with Gasteiger partial charge >= 0.3 is 6.18 Å². The largest absolute Gasteiger partial charge is 0.416 e.